The maximum atomic E-state index is 6.10. The fourth-order valence-corrected chi connectivity index (χ4v) is 2.75. The summed E-state index contributed by atoms with van der Waals surface area (Å²) in [7, 11) is 2.03. The third-order valence-electron chi connectivity index (χ3n) is 4.48. The van der Waals surface area contributed by atoms with Crippen LogP contribution in [0.15, 0.2) is 12.4 Å². The van der Waals surface area contributed by atoms with Gasteiger partial charge in [-0.3, -0.25) is 4.68 Å². The maximum absolute atomic E-state index is 6.10. The Kier molecular flexibility index (Phi) is 3.66. The highest BCUT2D eigenvalue weighted by atomic mass is 16.5. The molecule has 0 bridgehead atoms. The van der Waals surface area contributed by atoms with Crippen LogP contribution >= 0.6 is 0 Å². The number of rotatable bonds is 5. The molecule has 0 aromatic carbocycles. The summed E-state index contributed by atoms with van der Waals surface area (Å²) in [5.74, 6) is 0.892. The van der Waals surface area contributed by atoms with Crippen molar-refractivity contribution in [2.24, 2.45) is 5.41 Å². The lowest BCUT2D eigenvalue weighted by Gasteiger charge is -2.53. The van der Waals surface area contributed by atoms with E-state index >= 15 is 0 Å². The van der Waals surface area contributed by atoms with Crippen LogP contribution in [-0.2, 0) is 0 Å². The predicted octanol–water partition coefficient (Wildman–Crippen LogP) is 2.62. The Morgan fingerprint density at radius 2 is 2.33 bits per heavy atom. The van der Waals surface area contributed by atoms with Crippen molar-refractivity contribution < 1.29 is 4.74 Å². The van der Waals surface area contributed by atoms with Gasteiger partial charge in [0.2, 0.25) is 0 Å². The van der Waals surface area contributed by atoms with E-state index in [9.17, 15) is 0 Å². The minimum absolute atomic E-state index is 0.231. The smallest absolute Gasteiger partial charge is 0.157 e. The van der Waals surface area contributed by atoms with Crippen LogP contribution in [0.1, 0.15) is 46.6 Å². The Bertz CT molecular complexity index is 401. The summed E-state index contributed by atoms with van der Waals surface area (Å²) in [4.78, 5) is 0. The maximum Gasteiger partial charge on any atom is 0.157 e. The van der Waals surface area contributed by atoms with Crippen LogP contribution in [-0.4, -0.2) is 29.0 Å². The Morgan fingerprint density at radius 1 is 1.61 bits per heavy atom. The van der Waals surface area contributed by atoms with Crippen LogP contribution in [0.2, 0.25) is 0 Å². The molecule has 1 saturated carbocycles. The van der Waals surface area contributed by atoms with Crippen molar-refractivity contribution >= 4 is 0 Å². The lowest BCUT2D eigenvalue weighted by molar-refractivity contribution is -0.0677. The van der Waals surface area contributed by atoms with E-state index in [1.807, 2.05) is 24.1 Å². The Morgan fingerprint density at radius 3 is 2.83 bits per heavy atom. The van der Waals surface area contributed by atoms with Crippen LogP contribution in [0.4, 0.5) is 0 Å². The summed E-state index contributed by atoms with van der Waals surface area (Å²) < 4.78 is 8.03. The minimum Gasteiger partial charge on any atom is -0.486 e. The van der Waals surface area contributed by atoms with Gasteiger partial charge in [0.05, 0.1) is 12.4 Å². The number of hydrogen-bond donors (Lipinski definition) is 1. The quantitative estimate of drug-likeness (QED) is 0.874. The summed E-state index contributed by atoms with van der Waals surface area (Å²) >= 11 is 0. The van der Waals surface area contributed by atoms with E-state index < -0.39 is 0 Å². The number of nitrogens with one attached hydrogen (secondary N) is 1. The van der Waals surface area contributed by atoms with Crippen molar-refractivity contribution in [3.05, 3.63) is 12.4 Å². The van der Waals surface area contributed by atoms with Crippen molar-refractivity contribution in [1.29, 1.82) is 0 Å². The molecule has 1 fully saturated rings. The van der Waals surface area contributed by atoms with E-state index in [0.29, 0.717) is 18.2 Å². The number of hydrogen-bond acceptors (Lipinski definition) is 3. The molecule has 3 unspecified atom stereocenters. The van der Waals surface area contributed by atoms with Gasteiger partial charge in [-0.2, -0.15) is 5.10 Å². The average Bonchev–Trinajstić information content (AvgIpc) is 2.81. The molecule has 0 aliphatic heterocycles. The van der Waals surface area contributed by atoms with E-state index in [1.54, 1.807) is 0 Å². The van der Waals surface area contributed by atoms with Gasteiger partial charge in [0.1, 0.15) is 6.10 Å². The van der Waals surface area contributed by atoms with Crippen LogP contribution in [0, 0.1) is 5.41 Å². The molecule has 0 spiro atoms. The van der Waals surface area contributed by atoms with Gasteiger partial charge in [0.15, 0.2) is 5.75 Å². The van der Waals surface area contributed by atoms with Crippen molar-refractivity contribution in [3.63, 3.8) is 0 Å². The van der Waals surface area contributed by atoms with Crippen LogP contribution in [0.25, 0.3) is 0 Å². The van der Waals surface area contributed by atoms with Gasteiger partial charge in [-0.15, -0.1) is 0 Å². The van der Waals surface area contributed by atoms with E-state index in [0.717, 1.165) is 18.6 Å². The minimum atomic E-state index is 0.231. The largest absolute Gasteiger partial charge is 0.486 e. The molecule has 0 saturated heterocycles. The van der Waals surface area contributed by atoms with Crippen molar-refractivity contribution in [1.82, 2.24) is 15.1 Å². The molecule has 2 rings (SSSR count). The summed E-state index contributed by atoms with van der Waals surface area (Å²) in [6, 6.07) is 0.944. The third-order valence-corrected chi connectivity index (χ3v) is 4.48. The van der Waals surface area contributed by atoms with Gasteiger partial charge in [-0.05, 0) is 27.3 Å². The SMILES string of the molecule is CCC1(C)C(NC)CC1Oc1cnn(C(C)C)c1. The highest BCUT2D eigenvalue weighted by Gasteiger charge is 2.51. The topological polar surface area (TPSA) is 39.1 Å². The van der Waals surface area contributed by atoms with Gasteiger partial charge in [-0.25, -0.2) is 0 Å². The van der Waals surface area contributed by atoms with Crippen LogP contribution in [0.5, 0.6) is 5.75 Å². The normalized spacial score (nSPS) is 31.4. The summed E-state index contributed by atoms with van der Waals surface area (Å²) in [6.45, 7) is 8.77. The summed E-state index contributed by atoms with van der Waals surface area (Å²) in [5, 5.41) is 7.70. The van der Waals surface area contributed by atoms with Gasteiger partial charge in [0, 0.05) is 23.9 Å². The van der Waals surface area contributed by atoms with Gasteiger partial charge < -0.3 is 10.1 Å². The zero-order chi connectivity index (χ0) is 13.3. The second-order valence-electron chi connectivity index (χ2n) is 5.79. The molecule has 3 atom stereocenters. The molecule has 0 amide bonds. The van der Waals surface area contributed by atoms with Crippen molar-refractivity contribution in [2.45, 2.75) is 58.7 Å². The standard InChI is InChI=1S/C14H25N3O/c1-6-14(4)12(15-5)7-13(14)18-11-8-16-17(9-11)10(2)3/h8-10,12-13,15H,6-7H2,1-5H3. The van der Waals surface area contributed by atoms with E-state index in [2.05, 4.69) is 38.1 Å². The fraction of sp³-hybridized carbons (Fsp3) is 0.786. The molecule has 1 aromatic rings. The third kappa shape index (κ3) is 2.14. The number of nitrogens with zero attached hydrogens (tertiary/aromatic N) is 2. The number of aromatic nitrogens is 2. The fourth-order valence-electron chi connectivity index (χ4n) is 2.75. The molecule has 0 radical (unpaired) electrons. The van der Waals surface area contributed by atoms with Gasteiger partial charge >= 0.3 is 0 Å². The Balaban J connectivity index is 2.02. The number of ether oxygens (including phenoxy) is 1. The molecular weight excluding hydrogens is 226 g/mol. The molecule has 1 aliphatic rings. The highest BCUT2D eigenvalue weighted by molar-refractivity contribution is 5.16. The Hall–Kier alpha value is -1.03. The summed E-state index contributed by atoms with van der Waals surface area (Å²) in [6.07, 6.45) is 6.32. The van der Waals surface area contributed by atoms with E-state index in [-0.39, 0.29) is 5.41 Å². The molecule has 1 aromatic heterocycles. The first kappa shape index (κ1) is 13.4. The molecular formula is C14H25N3O. The molecule has 1 aliphatic carbocycles. The predicted molar refractivity (Wildman–Crippen MR) is 72.9 cm³/mol. The second-order valence-corrected chi connectivity index (χ2v) is 5.79. The molecule has 102 valence electrons. The van der Waals surface area contributed by atoms with Crippen LogP contribution in [0.3, 0.4) is 0 Å². The monoisotopic (exact) mass is 251 g/mol. The average molecular weight is 251 g/mol. The van der Waals surface area contributed by atoms with Crippen LogP contribution < -0.4 is 10.1 Å². The van der Waals surface area contributed by atoms with Gasteiger partial charge in [0.25, 0.3) is 0 Å². The molecule has 1 heterocycles. The molecule has 4 nitrogen and oxygen atoms in total. The van der Waals surface area contributed by atoms with Crippen molar-refractivity contribution in [2.75, 3.05) is 7.05 Å². The zero-order valence-electron chi connectivity index (χ0n) is 12.1. The Labute approximate surface area is 110 Å². The first-order chi connectivity index (χ1) is 8.51. The zero-order valence-corrected chi connectivity index (χ0v) is 12.1. The van der Waals surface area contributed by atoms with E-state index in [4.69, 9.17) is 4.74 Å². The lowest BCUT2D eigenvalue weighted by Crippen LogP contribution is -2.62. The highest BCUT2D eigenvalue weighted by Crippen LogP contribution is 2.45. The van der Waals surface area contributed by atoms with E-state index in [1.165, 1.54) is 0 Å². The molecule has 1 N–H and O–H groups in total. The molecule has 18 heavy (non-hydrogen) atoms. The van der Waals surface area contributed by atoms with Crippen molar-refractivity contribution in [3.8, 4) is 5.75 Å². The molecule has 4 heteroatoms. The van der Waals surface area contributed by atoms with Gasteiger partial charge in [-0.1, -0.05) is 13.8 Å². The lowest BCUT2D eigenvalue weighted by atomic mass is 9.61. The first-order valence-corrected chi connectivity index (χ1v) is 6.89. The summed E-state index contributed by atoms with van der Waals surface area (Å²) in [5.41, 5.74) is 0.231. The first-order valence-electron chi connectivity index (χ1n) is 6.89. The second kappa shape index (κ2) is 4.92.